The van der Waals surface area contributed by atoms with Crippen LogP contribution in [0.1, 0.15) is 26.7 Å². The zero-order chi connectivity index (χ0) is 12.3. The normalized spacial score (nSPS) is 12.0. The van der Waals surface area contributed by atoms with Gasteiger partial charge in [0.25, 0.3) is 0 Å². The smallest absolute Gasteiger partial charge is 0.0701 e. The standard InChI is InChI=1S/C12H27NO3/c1-12(2,11-13)5-4-6-15-9-10-16-8-7-14-3/h4-11,13H2,1-3H3. The van der Waals surface area contributed by atoms with Crippen molar-refractivity contribution in [2.75, 3.05) is 46.7 Å². The molecular formula is C12H27NO3. The Bertz CT molecular complexity index is 151. The largest absolute Gasteiger partial charge is 0.382 e. The Kier molecular flexibility index (Phi) is 9.92. The van der Waals surface area contributed by atoms with E-state index in [2.05, 4.69) is 13.8 Å². The lowest BCUT2D eigenvalue weighted by Crippen LogP contribution is -2.23. The van der Waals surface area contributed by atoms with E-state index < -0.39 is 0 Å². The van der Waals surface area contributed by atoms with Crippen molar-refractivity contribution in [2.45, 2.75) is 26.7 Å². The molecule has 16 heavy (non-hydrogen) atoms. The van der Waals surface area contributed by atoms with E-state index in [0.29, 0.717) is 26.4 Å². The average Bonchev–Trinajstić information content (AvgIpc) is 2.27. The summed E-state index contributed by atoms with van der Waals surface area (Å²) in [5.41, 5.74) is 5.88. The number of ether oxygens (including phenoxy) is 3. The Labute approximate surface area is 99.4 Å². The predicted octanol–water partition coefficient (Wildman–Crippen LogP) is 1.43. The summed E-state index contributed by atoms with van der Waals surface area (Å²) in [6, 6.07) is 0. The van der Waals surface area contributed by atoms with Crippen LogP contribution < -0.4 is 5.73 Å². The Morgan fingerprint density at radius 2 is 1.50 bits per heavy atom. The molecule has 0 saturated carbocycles. The first-order valence-corrected chi connectivity index (χ1v) is 5.97. The molecule has 0 aromatic carbocycles. The third-order valence-electron chi connectivity index (χ3n) is 2.50. The molecule has 98 valence electrons. The predicted molar refractivity (Wildman–Crippen MR) is 65.6 cm³/mol. The highest BCUT2D eigenvalue weighted by Crippen LogP contribution is 2.19. The second kappa shape index (κ2) is 10.0. The molecule has 0 saturated heterocycles. The van der Waals surface area contributed by atoms with Crippen LogP contribution in [0.2, 0.25) is 0 Å². The van der Waals surface area contributed by atoms with Gasteiger partial charge in [0, 0.05) is 13.7 Å². The van der Waals surface area contributed by atoms with Crippen molar-refractivity contribution in [3.8, 4) is 0 Å². The SMILES string of the molecule is COCCOCCOCCCC(C)(C)CN. The fourth-order valence-corrected chi connectivity index (χ4v) is 1.22. The van der Waals surface area contributed by atoms with Gasteiger partial charge in [-0.1, -0.05) is 13.8 Å². The highest BCUT2D eigenvalue weighted by Gasteiger charge is 2.14. The molecule has 0 aliphatic carbocycles. The molecule has 4 heteroatoms. The molecule has 0 aliphatic rings. The molecule has 0 bridgehead atoms. The molecule has 0 radical (unpaired) electrons. The van der Waals surface area contributed by atoms with Crippen LogP contribution >= 0.6 is 0 Å². The molecule has 0 aromatic heterocycles. The average molecular weight is 233 g/mol. The van der Waals surface area contributed by atoms with Crippen molar-refractivity contribution >= 4 is 0 Å². The quantitative estimate of drug-likeness (QED) is 0.549. The van der Waals surface area contributed by atoms with E-state index in [0.717, 1.165) is 26.0 Å². The maximum Gasteiger partial charge on any atom is 0.0701 e. The van der Waals surface area contributed by atoms with E-state index in [9.17, 15) is 0 Å². The second-order valence-corrected chi connectivity index (χ2v) is 4.69. The van der Waals surface area contributed by atoms with Gasteiger partial charge in [0.05, 0.1) is 26.4 Å². The number of methoxy groups -OCH3 is 1. The Balaban J connectivity index is 3.10. The molecule has 2 N–H and O–H groups in total. The Hall–Kier alpha value is -0.160. The van der Waals surface area contributed by atoms with Gasteiger partial charge in [-0.25, -0.2) is 0 Å². The van der Waals surface area contributed by atoms with E-state index in [1.165, 1.54) is 0 Å². The lowest BCUT2D eigenvalue weighted by Gasteiger charge is -2.21. The molecule has 0 aromatic rings. The molecule has 0 rings (SSSR count). The molecule has 0 amide bonds. The topological polar surface area (TPSA) is 53.7 Å². The van der Waals surface area contributed by atoms with Crippen LogP contribution in [0.4, 0.5) is 0 Å². The third kappa shape index (κ3) is 10.4. The van der Waals surface area contributed by atoms with Crippen LogP contribution in [-0.2, 0) is 14.2 Å². The maximum absolute atomic E-state index is 5.64. The molecule has 0 aliphatic heterocycles. The van der Waals surface area contributed by atoms with Crippen LogP contribution in [-0.4, -0.2) is 46.7 Å². The van der Waals surface area contributed by atoms with E-state index in [4.69, 9.17) is 19.9 Å². The van der Waals surface area contributed by atoms with Gasteiger partial charge in [-0.15, -0.1) is 0 Å². The van der Waals surface area contributed by atoms with Gasteiger partial charge in [0.15, 0.2) is 0 Å². The molecule has 0 fully saturated rings. The first kappa shape index (κ1) is 15.8. The van der Waals surface area contributed by atoms with Crippen LogP contribution in [0.25, 0.3) is 0 Å². The summed E-state index contributed by atoms with van der Waals surface area (Å²) in [5, 5.41) is 0. The van der Waals surface area contributed by atoms with Gasteiger partial charge in [-0.3, -0.25) is 0 Å². The van der Waals surface area contributed by atoms with Crippen LogP contribution in [0.3, 0.4) is 0 Å². The minimum Gasteiger partial charge on any atom is -0.382 e. The highest BCUT2D eigenvalue weighted by atomic mass is 16.5. The summed E-state index contributed by atoms with van der Waals surface area (Å²) in [4.78, 5) is 0. The number of hydrogen-bond donors (Lipinski definition) is 1. The van der Waals surface area contributed by atoms with Crippen molar-refractivity contribution in [1.82, 2.24) is 0 Å². The zero-order valence-corrected chi connectivity index (χ0v) is 11.0. The lowest BCUT2D eigenvalue weighted by molar-refractivity contribution is 0.0226. The van der Waals surface area contributed by atoms with Gasteiger partial charge in [-0.05, 0) is 24.8 Å². The molecule has 0 heterocycles. The van der Waals surface area contributed by atoms with E-state index >= 15 is 0 Å². The van der Waals surface area contributed by atoms with Crippen LogP contribution in [0.5, 0.6) is 0 Å². The third-order valence-corrected chi connectivity index (χ3v) is 2.50. The van der Waals surface area contributed by atoms with Crippen molar-refractivity contribution in [1.29, 1.82) is 0 Å². The minimum atomic E-state index is 0.234. The zero-order valence-electron chi connectivity index (χ0n) is 11.0. The Morgan fingerprint density at radius 3 is 2.06 bits per heavy atom. The molecule has 4 nitrogen and oxygen atoms in total. The number of rotatable bonds is 11. The summed E-state index contributed by atoms with van der Waals surface area (Å²) >= 11 is 0. The molecule has 0 unspecified atom stereocenters. The highest BCUT2D eigenvalue weighted by molar-refractivity contribution is 4.68. The summed E-state index contributed by atoms with van der Waals surface area (Å²) < 4.78 is 15.6. The van der Waals surface area contributed by atoms with Crippen LogP contribution in [0.15, 0.2) is 0 Å². The summed E-state index contributed by atoms with van der Waals surface area (Å²) in [6.45, 7) is 8.47. The fraction of sp³-hybridized carbons (Fsp3) is 1.00. The first-order chi connectivity index (χ1) is 7.62. The van der Waals surface area contributed by atoms with E-state index in [1.807, 2.05) is 0 Å². The van der Waals surface area contributed by atoms with Crippen molar-refractivity contribution < 1.29 is 14.2 Å². The van der Waals surface area contributed by atoms with Crippen molar-refractivity contribution in [2.24, 2.45) is 11.1 Å². The first-order valence-electron chi connectivity index (χ1n) is 5.97. The molecule has 0 atom stereocenters. The van der Waals surface area contributed by atoms with Crippen LogP contribution in [0, 0.1) is 5.41 Å². The summed E-state index contributed by atoms with van der Waals surface area (Å²) in [5.74, 6) is 0. The van der Waals surface area contributed by atoms with E-state index in [1.54, 1.807) is 7.11 Å². The monoisotopic (exact) mass is 233 g/mol. The molecular weight excluding hydrogens is 206 g/mol. The fourth-order valence-electron chi connectivity index (χ4n) is 1.22. The maximum atomic E-state index is 5.64. The van der Waals surface area contributed by atoms with Crippen molar-refractivity contribution in [3.05, 3.63) is 0 Å². The minimum absolute atomic E-state index is 0.234. The lowest BCUT2D eigenvalue weighted by atomic mass is 9.88. The van der Waals surface area contributed by atoms with Gasteiger partial charge >= 0.3 is 0 Å². The number of hydrogen-bond acceptors (Lipinski definition) is 4. The van der Waals surface area contributed by atoms with Gasteiger partial charge in [0.2, 0.25) is 0 Å². The van der Waals surface area contributed by atoms with Crippen molar-refractivity contribution in [3.63, 3.8) is 0 Å². The summed E-state index contributed by atoms with van der Waals surface area (Å²) in [6.07, 6.45) is 2.16. The summed E-state index contributed by atoms with van der Waals surface area (Å²) in [7, 11) is 1.67. The van der Waals surface area contributed by atoms with E-state index in [-0.39, 0.29) is 5.41 Å². The van der Waals surface area contributed by atoms with Gasteiger partial charge in [0.1, 0.15) is 0 Å². The second-order valence-electron chi connectivity index (χ2n) is 4.69. The van der Waals surface area contributed by atoms with Gasteiger partial charge in [-0.2, -0.15) is 0 Å². The molecule has 0 spiro atoms. The number of nitrogens with two attached hydrogens (primary N) is 1. The Morgan fingerprint density at radius 1 is 0.938 bits per heavy atom. The van der Waals surface area contributed by atoms with Gasteiger partial charge < -0.3 is 19.9 Å².